The van der Waals surface area contributed by atoms with Crippen LogP contribution in [-0.2, 0) is 0 Å². The van der Waals surface area contributed by atoms with Gasteiger partial charge >= 0.3 is 0 Å². The van der Waals surface area contributed by atoms with Crippen molar-refractivity contribution in [2.75, 3.05) is 0 Å². The van der Waals surface area contributed by atoms with E-state index >= 15 is 0 Å². The second-order valence-corrected chi connectivity index (χ2v) is 4.02. The highest BCUT2D eigenvalue weighted by atomic mass is 15.0. The zero-order chi connectivity index (χ0) is 10.4. The SMILES string of the molecule is Cc1ccc2c(ccn3cc(C)nc23)c1. The van der Waals surface area contributed by atoms with E-state index in [4.69, 9.17) is 0 Å². The minimum Gasteiger partial charge on any atom is -0.306 e. The van der Waals surface area contributed by atoms with Crippen LogP contribution >= 0.6 is 0 Å². The summed E-state index contributed by atoms with van der Waals surface area (Å²) in [7, 11) is 0. The fourth-order valence-corrected chi connectivity index (χ4v) is 2.01. The van der Waals surface area contributed by atoms with Crippen LogP contribution in [0.2, 0.25) is 0 Å². The van der Waals surface area contributed by atoms with Crippen LogP contribution in [0.5, 0.6) is 0 Å². The first kappa shape index (κ1) is 8.48. The maximum absolute atomic E-state index is 4.53. The fourth-order valence-electron chi connectivity index (χ4n) is 2.01. The number of fused-ring (bicyclic) bond motifs is 3. The van der Waals surface area contributed by atoms with Crippen LogP contribution < -0.4 is 0 Å². The van der Waals surface area contributed by atoms with Gasteiger partial charge in [-0.2, -0.15) is 0 Å². The van der Waals surface area contributed by atoms with Gasteiger partial charge in [0.15, 0.2) is 0 Å². The highest BCUT2D eigenvalue weighted by molar-refractivity contribution is 5.94. The van der Waals surface area contributed by atoms with Crippen LogP contribution in [0.3, 0.4) is 0 Å². The van der Waals surface area contributed by atoms with Gasteiger partial charge in [-0.25, -0.2) is 4.98 Å². The molecule has 3 aromatic rings. The molecule has 2 nitrogen and oxygen atoms in total. The molecule has 0 radical (unpaired) electrons. The zero-order valence-electron chi connectivity index (χ0n) is 8.86. The number of rotatable bonds is 0. The summed E-state index contributed by atoms with van der Waals surface area (Å²) in [4.78, 5) is 4.53. The Morgan fingerprint density at radius 2 is 2.00 bits per heavy atom. The molecule has 0 bridgehead atoms. The van der Waals surface area contributed by atoms with Crippen LogP contribution in [0.4, 0.5) is 0 Å². The van der Waals surface area contributed by atoms with E-state index < -0.39 is 0 Å². The summed E-state index contributed by atoms with van der Waals surface area (Å²) in [6, 6.07) is 8.61. The molecule has 0 amide bonds. The van der Waals surface area contributed by atoms with E-state index in [9.17, 15) is 0 Å². The second-order valence-electron chi connectivity index (χ2n) is 4.02. The van der Waals surface area contributed by atoms with Gasteiger partial charge in [0.05, 0.1) is 5.69 Å². The van der Waals surface area contributed by atoms with Crippen molar-refractivity contribution in [3.05, 3.63) is 47.9 Å². The summed E-state index contributed by atoms with van der Waals surface area (Å²) in [5.74, 6) is 0. The lowest BCUT2D eigenvalue weighted by Gasteiger charge is -2.01. The van der Waals surface area contributed by atoms with E-state index in [1.54, 1.807) is 0 Å². The fraction of sp³-hybridized carbons (Fsp3) is 0.154. The third-order valence-electron chi connectivity index (χ3n) is 2.72. The Hall–Kier alpha value is -1.83. The summed E-state index contributed by atoms with van der Waals surface area (Å²) in [6.07, 6.45) is 4.12. The van der Waals surface area contributed by atoms with Crippen molar-refractivity contribution in [1.29, 1.82) is 0 Å². The smallest absolute Gasteiger partial charge is 0.144 e. The molecule has 0 aliphatic carbocycles. The van der Waals surface area contributed by atoms with Gasteiger partial charge in [0, 0.05) is 17.8 Å². The van der Waals surface area contributed by atoms with Crippen molar-refractivity contribution in [3.63, 3.8) is 0 Å². The summed E-state index contributed by atoms with van der Waals surface area (Å²) in [5.41, 5.74) is 3.39. The van der Waals surface area contributed by atoms with Crippen LogP contribution in [0.1, 0.15) is 11.3 Å². The maximum atomic E-state index is 4.53. The molecule has 0 fully saturated rings. The summed E-state index contributed by atoms with van der Waals surface area (Å²) < 4.78 is 2.08. The Bertz CT molecular complexity index is 650. The molecule has 0 aliphatic rings. The monoisotopic (exact) mass is 196 g/mol. The van der Waals surface area contributed by atoms with Gasteiger partial charge < -0.3 is 4.40 Å². The van der Waals surface area contributed by atoms with Crippen molar-refractivity contribution >= 4 is 16.4 Å². The van der Waals surface area contributed by atoms with E-state index in [1.165, 1.54) is 16.3 Å². The first-order valence-corrected chi connectivity index (χ1v) is 5.09. The Labute approximate surface area is 88.2 Å². The maximum Gasteiger partial charge on any atom is 0.144 e. The minimum absolute atomic E-state index is 1.05. The van der Waals surface area contributed by atoms with Crippen LogP contribution in [0.25, 0.3) is 16.4 Å². The summed E-state index contributed by atoms with van der Waals surface area (Å²) in [5, 5.41) is 2.48. The molecule has 0 spiro atoms. The molecule has 0 atom stereocenters. The highest BCUT2D eigenvalue weighted by Crippen LogP contribution is 2.20. The Balaban J connectivity index is 2.53. The number of pyridine rings is 1. The first-order chi connectivity index (χ1) is 7.24. The quantitative estimate of drug-likeness (QED) is 0.540. The minimum atomic E-state index is 1.05. The number of benzene rings is 1. The first-order valence-electron chi connectivity index (χ1n) is 5.09. The summed E-state index contributed by atoms with van der Waals surface area (Å²) >= 11 is 0. The molecule has 3 rings (SSSR count). The molecule has 2 heterocycles. The number of hydrogen-bond donors (Lipinski definition) is 0. The molecule has 2 heteroatoms. The Morgan fingerprint density at radius 3 is 2.87 bits per heavy atom. The zero-order valence-corrected chi connectivity index (χ0v) is 8.86. The van der Waals surface area contributed by atoms with E-state index in [-0.39, 0.29) is 0 Å². The number of aromatic nitrogens is 2. The van der Waals surface area contributed by atoms with Crippen molar-refractivity contribution in [2.45, 2.75) is 13.8 Å². The molecule has 74 valence electrons. The molecular weight excluding hydrogens is 184 g/mol. The molecule has 1 aromatic carbocycles. The van der Waals surface area contributed by atoms with E-state index in [0.717, 1.165) is 11.3 Å². The van der Waals surface area contributed by atoms with Crippen LogP contribution in [0, 0.1) is 13.8 Å². The van der Waals surface area contributed by atoms with Gasteiger partial charge in [-0.1, -0.05) is 23.8 Å². The van der Waals surface area contributed by atoms with Gasteiger partial charge in [-0.3, -0.25) is 0 Å². The van der Waals surface area contributed by atoms with Crippen LogP contribution in [-0.4, -0.2) is 9.38 Å². The number of hydrogen-bond acceptors (Lipinski definition) is 1. The van der Waals surface area contributed by atoms with Crippen molar-refractivity contribution in [2.24, 2.45) is 0 Å². The lowest BCUT2D eigenvalue weighted by atomic mass is 10.1. The molecular formula is C13H12N2. The van der Waals surface area contributed by atoms with Gasteiger partial charge in [-0.15, -0.1) is 0 Å². The molecule has 2 aromatic heterocycles. The van der Waals surface area contributed by atoms with Crippen molar-refractivity contribution < 1.29 is 0 Å². The lowest BCUT2D eigenvalue weighted by molar-refractivity contribution is 1.20. The molecule has 0 N–H and O–H groups in total. The van der Waals surface area contributed by atoms with E-state index in [2.05, 4.69) is 53.0 Å². The second kappa shape index (κ2) is 2.83. The third-order valence-corrected chi connectivity index (χ3v) is 2.72. The van der Waals surface area contributed by atoms with E-state index in [1.807, 2.05) is 6.92 Å². The third kappa shape index (κ3) is 1.22. The average Bonchev–Trinajstić information content (AvgIpc) is 2.58. The van der Waals surface area contributed by atoms with E-state index in [0.29, 0.717) is 0 Å². The molecule has 15 heavy (non-hydrogen) atoms. The topological polar surface area (TPSA) is 17.3 Å². The van der Waals surface area contributed by atoms with Gasteiger partial charge in [0.25, 0.3) is 0 Å². The largest absolute Gasteiger partial charge is 0.306 e. The predicted octanol–water partition coefficient (Wildman–Crippen LogP) is 3.10. The Kier molecular flexibility index (Phi) is 1.60. The normalized spacial score (nSPS) is 11.3. The molecule has 0 unspecified atom stereocenters. The van der Waals surface area contributed by atoms with Gasteiger partial charge in [0.1, 0.15) is 5.65 Å². The van der Waals surface area contributed by atoms with Crippen LogP contribution in [0.15, 0.2) is 36.7 Å². The summed E-state index contributed by atoms with van der Waals surface area (Å²) in [6.45, 7) is 4.13. The Morgan fingerprint density at radius 1 is 1.13 bits per heavy atom. The predicted molar refractivity (Wildman–Crippen MR) is 62.2 cm³/mol. The average molecular weight is 196 g/mol. The molecule has 0 saturated carbocycles. The molecule has 0 saturated heterocycles. The lowest BCUT2D eigenvalue weighted by Crippen LogP contribution is -1.84. The number of nitrogens with zero attached hydrogens (tertiary/aromatic N) is 2. The standard InChI is InChI=1S/C13H12N2/c1-9-3-4-12-11(7-9)5-6-15-8-10(2)14-13(12)15/h3-8H,1-2H3. The van der Waals surface area contributed by atoms with Crippen molar-refractivity contribution in [3.8, 4) is 0 Å². The van der Waals surface area contributed by atoms with Gasteiger partial charge in [0.2, 0.25) is 0 Å². The van der Waals surface area contributed by atoms with Gasteiger partial charge in [-0.05, 0) is 25.3 Å². The van der Waals surface area contributed by atoms with Crippen molar-refractivity contribution in [1.82, 2.24) is 9.38 Å². The number of aryl methyl sites for hydroxylation is 2. The molecule has 0 aliphatic heterocycles. The highest BCUT2D eigenvalue weighted by Gasteiger charge is 2.02. The number of imidazole rings is 1.